The van der Waals surface area contributed by atoms with Gasteiger partial charge in [-0.3, -0.25) is 4.99 Å². The van der Waals surface area contributed by atoms with Gasteiger partial charge in [0.25, 0.3) is 0 Å². The predicted molar refractivity (Wildman–Crippen MR) is 100 cm³/mol. The maximum absolute atomic E-state index is 13.1. The van der Waals surface area contributed by atoms with Crippen LogP contribution in [0, 0.1) is 0 Å². The normalized spacial score (nSPS) is 12.4. The van der Waals surface area contributed by atoms with Gasteiger partial charge in [0.05, 0.1) is 22.9 Å². The summed E-state index contributed by atoms with van der Waals surface area (Å²) in [4.78, 5) is 3.84. The molecule has 0 aliphatic heterocycles. The number of hydrogen-bond donors (Lipinski definition) is 0. The highest BCUT2D eigenvalue weighted by Gasteiger charge is 2.35. The zero-order valence-electron chi connectivity index (χ0n) is 13.8. The maximum Gasteiger partial charge on any atom is 0.435 e. The van der Waals surface area contributed by atoms with Crippen LogP contribution in [0.3, 0.4) is 0 Å². The van der Waals surface area contributed by atoms with Gasteiger partial charge in [0.2, 0.25) is 0 Å². The van der Waals surface area contributed by atoms with Gasteiger partial charge in [-0.05, 0) is 42.0 Å². The molecule has 3 rings (SSSR count). The van der Waals surface area contributed by atoms with E-state index in [1.807, 2.05) is 0 Å². The first kappa shape index (κ1) is 20.5. The highest BCUT2D eigenvalue weighted by atomic mass is 35.5. The van der Waals surface area contributed by atoms with E-state index in [0.29, 0.717) is 16.7 Å². The lowest BCUT2D eigenvalue weighted by Crippen LogP contribution is -2.23. The minimum Gasteiger partial charge on any atom is -0.857 e. The molecular weight excluding hydrogens is 438 g/mol. The van der Waals surface area contributed by atoms with Crippen LogP contribution in [0.4, 0.5) is 13.2 Å². The molecule has 1 heterocycles. The summed E-state index contributed by atoms with van der Waals surface area (Å²) in [6.45, 7) is -0.0603. The molecule has 28 heavy (non-hydrogen) atoms. The van der Waals surface area contributed by atoms with Crippen molar-refractivity contribution in [1.82, 2.24) is 9.78 Å². The molecule has 10 heteroatoms. The number of aliphatic imine (C=N–C) groups is 1. The van der Waals surface area contributed by atoms with Gasteiger partial charge in [-0.15, -0.1) is 0 Å². The van der Waals surface area contributed by atoms with Crippen LogP contribution in [0.25, 0.3) is 5.69 Å². The lowest BCUT2D eigenvalue weighted by molar-refractivity contribution is -0.213. The SMILES string of the molecule is [O-]C(=NCc1cccc(Cl)c1)c1cc(C(F)(F)F)nn1-c1cc(Cl)ccc1Cl. The Kier molecular flexibility index (Phi) is 5.88. The molecule has 0 N–H and O–H groups in total. The molecule has 0 spiro atoms. The van der Waals surface area contributed by atoms with E-state index in [1.54, 1.807) is 24.3 Å². The first-order chi connectivity index (χ1) is 13.1. The second-order valence-corrected chi connectivity index (χ2v) is 6.95. The molecule has 0 unspecified atom stereocenters. The van der Waals surface area contributed by atoms with Crippen molar-refractivity contribution in [3.8, 4) is 5.69 Å². The van der Waals surface area contributed by atoms with Gasteiger partial charge >= 0.3 is 6.18 Å². The maximum atomic E-state index is 13.1. The highest BCUT2D eigenvalue weighted by molar-refractivity contribution is 6.34. The number of alkyl halides is 3. The lowest BCUT2D eigenvalue weighted by atomic mass is 10.2. The molecule has 0 amide bonds. The van der Waals surface area contributed by atoms with Crippen LogP contribution < -0.4 is 5.11 Å². The van der Waals surface area contributed by atoms with E-state index in [2.05, 4.69) is 10.1 Å². The van der Waals surface area contributed by atoms with Gasteiger partial charge < -0.3 is 5.11 Å². The zero-order chi connectivity index (χ0) is 20.5. The molecule has 0 radical (unpaired) electrons. The lowest BCUT2D eigenvalue weighted by Gasteiger charge is -2.14. The van der Waals surface area contributed by atoms with Gasteiger partial charge in [0.15, 0.2) is 5.69 Å². The van der Waals surface area contributed by atoms with E-state index < -0.39 is 23.5 Å². The Morgan fingerprint density at radius 1 is 1.04 bits per heavy atom. The van der Waals surface area contributed by atoms with Gasteiger partial charge in [-0.25, -0.2) is 4.68 Å². The number of benzene rings is 2. The summed E-state index contributed by atoms with van der Waals surface area (Å²) in [5, 5.41) is 16.8. The molecule has 0 saturated carbocycles. The highest BCUT2D eigenvalue weighted by Crippen LogP contribution is 2.31. The standard InChI is InChI=1S/C18H11Cl3F3N3O/c19-11-3-1-2-10(6-11)9-25-17(28)15-8-16(18(22,23)24)26-27(15)14-7-12(20)4-5-13(14)21/h1-8H,9H2,(H,25,28)/p-1. The Balaban J connectivity index is 2.07. The fraction of sp³-hybridized carbons (Fsp3) is 0.111. The van der Waals surface area contributed by atoms with E-state index in [-0.39, 0.29) is 22.3 Å². The molecule has 0 atom stereocenters. The van der Waals surface area contributed by atoms with Crippen molar-refractivity contribution >= 4 is 40.7 Å². The molecule has 0 bridgehead atoms. The summed E-state index contributed by atoms with van der Waals surface area (Å²) in [5.41, 5.74) is -0.974. The summed E-state index contributed by atoms with van der Waals surface area (Å²) in [6, 6.07) is 11.4. The van der Waals surface area contributed by atoms with Crippen LogP contribution >= 0.6 is 34.8 Å². The predicted octanol–water partition coefficient (Wildman–Crippen LogP) is 5.16. The van der Waals surface area contributed by atoms with Crippen LogP contribution in [0.2, 0.25) is 15.1 Å². The van der Waals surface area contributed by atoms with Crippen molar-refractivity contribution < 1.29 is 18.3 Å². The third kappa shape index (κ3) is 4.60. The molecule has 1 aromatic heterocycles. The van der Waals surface area contributed by atoms with Crippen LogP contribution in [-0.2, 0) is 12.7 Å². The van der Waals surface area contributed by atoms with Crippen LogP contribution in [0.15, 0.2) is 53.5 Å². The average Bonchev–Trinajstić information content (AvgIpc) is 3.07. The second-order valence-electron chi connectivity index (χ2n) is 5.67. The van der Waals surface area contributed by atoms with E-state index in [4.69, 9.17) is 34.8 Å². The Hall–Kier alpha value is -2.22. The summed E-state index contributed by atoms with van der Waals surface area (Å²) in [7, 11) is 0. The van der Waals surface area contributed by atoms with Crippen molar-refractivity contribution in [3.63, 3.8) is 0 Å². The fourth-order valence-electron chi connectivity index (χ4n) is 2.38. The van der Waals surface area contributed by atoms with E-state index in [0.717, 1.165) is 4.68 Å². The largest absolute Gasteiger partial charge is 0.857 e. The Labute approximate surface area is 172 Å². The Bertz CT molecular complexity index is 1050. The fourth-order valence-corrected chi connectivity index (χ4v) is 2.96. The van der Waals surface area contributed by atoms with Crippen LogP contribution in [-0.4, -0.2) is 15.7 Å². The van der Waals surface area contributed by atoms with E-state index in [1.165, 1.54) is 18.2 Å². The second kappa shape index (κ2) is 8.03. The average molecular weight is 448 g/mol. The number of nitrogens with zero attached hydrogens (tertiary/aromatic N) is 3. The van der Waals surface area contributed by atoms with Crippen molar-refractivity contribution in [2.75, 3.05) is 0 Å². The van der Waals surface area contributed by atoms with Gasteiger partial charge in [-0.2, -0.15) is 18.3 Å². The molecule has 0 aliphatic carbocycles. The number of aromatic nitrogens is 2. The first-order valence-electron chi connectivity index (χ1n) is 7.74. The summed E-state index contributed by atoms with van der Waals surface area (Å²) >= 11 is 17.8. The van der Waals surface area contributed by atoms with Crippen molar-refractivity contribution in [1.29, 1.82) is 0 Å². The number of hydrogen-bond acceptors (Lipinski definition) is 3. The van der Waals surface area contributed by atoms with E-state index >= 15 is 0 Å². The summed E-state index contributed by atoms with van der Waals surface area (Å²) < 4.78 is 40.2. The van der Waals surface area contributed by atoms with Crippen LogP contribution in [0.1, 0.15) is 17.0 Å². The van der Waals surface area contributed by atoms with Gasteiger partial charge in [0, 0.05) is 15.9 Å². The third-order valence-electron chi connectivity index (χ3n) is 3.65. The molecule has 0 aliphatic rings. The van der Waals surface area contributed by atoms with Gasteiger partial charge in [-0.1, -0.05) is 46.9 Å². The minimum absolute atomic E-state index is 0.0333. The minimum atomic E-state index is -4.75. The monoisotopic (exact) mass is 446 g/mol. The molecule has 3 aromatic rings. The summed E-state index contributed by atoms with van der Waals surface area (Å²) in [6.07, 6.45) is -4.75. The molecule has 146 valence electrons. The molecular formula is C18H10Cl3F3N3O-. The molecule has 4 nitrogen and oxygen atoms in total. The summed E-state index contributed by atoms with van der Waals surface area (Å²) in [5.74, 6) is -0.890. The zero-order valence-corrected chi connectivity index (χ0v) is 16.1. The third-order valence-corrected chi connectivity index (χ3v) is 4.44. The van der Waals surface area contributed by atoms with Crippen LogP contribution in [0.5, 0.6) is 0 Å². The number of halogens is 6. The topological polar surface area (TPSA) is 53.2 Å². The molecule has 0 saturated heterocycles. The van der Waals surface area contributed by atoms with Gasteiger partial charge in [0.1, 0.15) is 0 Å². The van der Waals surface area contributed by atoms with Crippen molar-refractivity contribution in [2.24, 2.45) is 4.99 Å². The van der Waals surface area contributed by atoms with Crippen molar-refractivity contribution in [2.45, 2.75) is 12.7 Å². The first-order valence-corrected chi connectivity index (χ1v) is 8.87. The molecule has 2 aromatic carbocycles. The quantitative estimate of drug-likeness (QED) is 0.410. The smallest absolute Gasteiger partial charge is 0.435 e. The number of rotatable bonds is 4. The van der Waals surface area contributed by atoms with E-state index in [9.17, 15) is 18.3 Å². The Morgan fingerprint density at radius 2 is 1.75 bits per heavy atom. The van der Waals surface area contributed by atoms with Crippen molar-refractivity contribution in [3.05, 3.63) is 80.6 Å². The Morgan fingerprint density at radius 3 is 2.43 bits per heavy atom. The molecule has 0 fully saturated rings.